The first-order valence-corrected chi connectivity index (χ1v) is 12.7. The molecule has 6 rings (SSSR count). The number of thiophene rings is 1. The number of carbonyl (C=O) groups excluding carboxylic acids is 1. The van der Waals surface area contributed by atoms with Crippen molar-refractivity contribution in [2.45, 2.75) is 19.8 Å². The third kappa shape index (κ3) is 4.12. The van der Waals surface area contributed by atoms with Crippen LogP contribution in [0.2, 0.25) is 0 Å². The van der Waals surface area contributed by atoms with Gasteiger partial charge in [0.05, 0.1) is 23.0 Å². The fourth-order valence-electron chi connectivity index (χ4n) is 4.63. The molecule has 1 aliphatic heterocycles. The molecular formula is C26H25N7OS. The number of aromatic nitrogens is 5. The maximum absolute atomic E-state index is 13.1. The molecule has 5 aromatic rings. The largest absolute Gasteiger partial charge is 0.352 e. The highest BCUT2D eigenvalue weighted by Crippen LogP contribution is 2.31. The average Bonchev–Trinajstić information content (AvgIpc) is 3.53. The van der Waals surface area contributed by atoms with Gasteiger partial charge in [-0.2, -0.15) is 0 Å². The van der Waals surface area contributed by atoms with E-state index < -0.39 is 0 Å². The summed E-state index contributed by atoms with van der Waals surface area (Å²) in [5.74, 6) is 1.12. The lowest BCUT2D eigenvalue weighted by Crippen LogP contribution is -2.49. The number of benzene rings is 2. The van der Waals surface area contributed by atoms with Crippen molar-refractivity contribution in [2.24, 2.45) is 0 Å². The SMILES string of the molecule is CCc1cc2c(N3CCN(C(=O)Cc4cccc(-n5nnc6ccccc65)c4)CC3)ncnc2s1. The van der Waals surface area contributed by atoms with Crippen LogP contribution in [0.3, 0.4) is 0 Å². The van der Waals surface area contributed by atoms with Crippen LogP contribution < -0.4 is 4.90 Å². The molecule has 0 unspecified atom stereocenters. The molecule has 1 amide bonds. The molecule has 1 aliphatic rings. The number of rotatable bonds is 5. The Labute approximate surface area is 206 Å². The predicted octanol–water partition coefficient (Wildman–Crippen LogP) is 3.88. The summed E-state index contributed by atoms with van der Waals surface area (Å²) in [7, 11) is 0. The minimum Gasteiger partial charge on any atom is -0.352 e. The zero-order valence-electron chi connectivity index (χ0n) is 19.5. The van der Waals surface area contributed by atoms with Crippen molar-refractivity contribution in [3.05, 3.63) is 71.4 Å². The van der Waals surface area contributed by atoms with Gasteiger partial charge in [-0.05, 0) is 42.3 Å². The molecule has 2 aromatic carbocycles. The van der Waals surface area contributed by atoms with Crippen LogP contribution in [0, 0.1) is 0 Å². The summed E-state index contributed by atoms with van der Waals surface area (Å²) in [6, 6.07) is 18.1. The van der Waals surface area contributed by atoms with E-state index in [4.69, 9.17) is 0 Å². The van der Waals surface area contributed by atoms with Gasteiger partial charge < -0.3 is 9.80 Å². The summed E-state index contributed by atoms with van der Waals surface area (Å²) in [5.41, 5.74) is 3.67. The van der Waals surface area contributed by atoms with Crippen molar-refractivity contribution in [2.75, 3.05) is 31.1 Å². The van der Waals surface area contributed by atoms with Gasteiger partial charge in [-0.25, -0.2) is 14.6 Å². The topological polar surface area (TPSA) is 80.0 Å². The number of aryl methyl sites for hydroxylation is 1. The summed E-state index contributed by atoms with van der Waals surface area (Å²) in [6.45, 7) is 5.05. The Kier molecular flexibility index (Phi) is 5.61. The Morgan fingerprint density at radius 2 is 1.86 bits per heavy atom. The average molecular weight is 484 g/mol. The van der Waals surface area contributed by atoms with Crippen molar-refractivity contribution >= 4 is 44.3 Å². The van der Waals surface area contributed by atoms with Crippen LogP contribution >= 0.6 is 11.3 Å². The number of nitrogens with zero attached hydrogens (tertiary/aromatic N) is 7. The number of piperazine rings is 1. The monoisotopic (exact) mass is 483 g/mol. The van der Waals surface area contributed by atoms with Crippen molar-refractivity contribution in [1.82, 2.24) is 29.9 Å². The van der Waals surface area contributed by atoms with Gasteiger partial charge >= 0.3 is 0 Å². The minimum absolute atomic E-state index is 0.141. The number of hydrogen-bond donors (Lipinski definition) is 0. The van der Waals surface area contributed by atoms with Gasteiger partial charge in [0.1, 0.15) is 22.5 Å². The standard InChI is InChI=1S/C26H25N7OS/c1-2-20-16-21-25(27-17-28-26(21)35-20)32-12-10-31(11-13-32)24(34)15-18-6-5-7-19(14-18)33-23-9-4-3-8-22(23)29-30-33/h3-9,14,16-17H,2,10-13,15H2,1H3. The van der Waals surface area contributed by atoms with Crippen molar-refractivity contribution in [1.29, 1.82) is 0 Å². The van der Waals surface area contributed by atoms with Gasteiger partial charge in [0.25, 0.3) is 0 Å². The molecular weight excluding hydrogens is 458 g/mol. The molecule has 0 bridgehead atoms. The fourth-order valence-corrected chi connectivity index (χ4v) is 5.56. The Hall–Kier alpha value is -3.85. The first-order chi connectivity index (χ1) is 17.2. The van der Waals surface area contributed by atoms with Crippen LogP contribution in [0.5, 0.6) is 0 Å². The third-order valence-corrected chi connectivity index (χ3v) is 7.69. The molecule has 3 aromatic heterocycles. The molecule has 176 valence electrons. The predicted molar refractivity (Wildman–Crippen MR) is 138 cm³/mol. The van der Waals surface area contributed by atoms with E-state index in [0.29, 0.717) is 19.5 Å². The second-order valence-electron chi connectivity index (χ2n) is 8.69. The number of carbonyl (C=O) groups is 1. The van der Waals surface area contributed by atoms with Crippen LogP contribution in [0.15, 0.2) is 60.9 Å². The van der Waals surface area contributed by atoms with E-state index in [1.807, 2.05) is 58.1 Å². The van der Waals surface area contributed by atoms with Crippen LogP contribution in [0.25, 0.3) is 26.9 Å². The summed E-state index contributed by atoms with van der Waals surface area (Å²) in [6.07, 6.45) is 3.01. The Morgan fingerprint density at radius 3 is 2.71 bits per heavy atom. The number of para-hydroxylation sites is 1. The molecule has 8 nitrogen and oxygen atoms in total. The molecule has 1 fully saturated rings. The molecule has 1 saturated heterocycles. The molecule has 0 N–H and O–H groups in total. The van der Waals surface area contributed by atoms with Gasteiger partial charge in [-0.3, -0.25) is 4.79 Å². The summed E-state index contributed by atoms with van der Waals surface area (Å²) in [4.78, 5) is 28.7. The van der Waals surface area contributed by atoms with Crippen LogP contribution in [0.1, 0.15) is 17.4 Å². The molecule has 35 heavy (non-hydrogen) atoms. The van der Waals surface area contributed by atoms with Crippen LogP contribution in [-0.4, -0.2) is 61.9 Å². The molecule has 0 saturated carbocycles. The summed E-state index contributed by atoms with van der Waals surface area (Å²) < 4.78 is 1.82. The Morgan fingerprint density at radius 1 is 1.00 bits per heavy atom. The van der Waals surface area contributed by atoms with Crippen LogP contribution in [0.4, 0.5) is 5.82 Å². The summed E-state index contributed by atoms with van der Waals surface area (Å²) in [5, 5.41) is 9.66. The van der Waals surface area contributed by atoms with Gasteiger partial charge in [0, 0.05) is 31.1 Å². The number of anilines is 1. The van der Waals surface area contributed by atoms with Gasteiger partial charge in [0.15, 0.2) is 0 Å². The van der Waals surface area contributed by atoms with E-state index >= 15 is 0 Å². The zero-order chi connectivity index (χ0) is 23.8. The minimum atomic E-state index is 0.141. The molecule has 0 atom stereocenters. The smallest absolute Gasteiger partial charge is 0.227 e. The van der Waals surface area contributed by atoms with E-state index in [2.05, 4.69) is 38.2 Å². The van der Waals surface area contributed by atoms with Crippen molar-refractivity contribution < 1.29 is 4.79 Å². The lowest BCUT2D eigenvalue weighted by Gasteiger charge is -2.35. The maximum atomic E-state index is 13.1. The molecule has 9 heteroatoms. The van der Waals surface area contributed by atoms with Crippen molar-refractivity contribution in [3.63, 3.8) is 0 Å². The van der Waals surface area contributed by atoms with Gasteiger partial charge in [0.2, 0.25) is 5.91 Å². The van der Waals surface area contributed by atoms with Gasteiger partial charge in [-0.1, -0.05) is 36.4 Å². The second-order valence-corrected chi connectivity index (χ2v) is 9.80. The normalized spacial score (nSPS) is 14.2. The van der Waals surface area contributed by atoms with E-state index in [1.54, 1.807) is 17.7 Å². The van der Waals surface area contributed by atoms with Gasteiger partial charge in [-0.15, -0.1) is 16.4 Å². The second kappa shape index (κ2) is 9.07. The number of amides is 1. The lowest BCUT2D eigenvalue weighted by atomic mass is 10.1. The first-order valence-electron chi connectivity index (χ1n) is 11.9. The molecule has 4 heterocycles. The highest BCUT2D eigenvalue weighted by Gasteiger charge is 2.24. The molecule has 0 radical (unpaired) electrons. The third-order valence-electron chi connectivity index (χ3n) is 6.50. The quantitative estimate of drug-likeness (QED) is 0.378. The van der Waals surface area contributed by atoms with Crippen LogP contribution in [-0.2, 0) is 17.6 Å². The van der Waals surface area contributed by atoms with E-state index in [9.17, 15) is 4.79 Å². The highest BCUT2D eigenvalue weighted by atomic mass is 32.1. The Balaban J connectivity index is 1.14. The zero-order valence-corrected chi connectivity index (χ0v) is 20.3. The molecule has 0 spiro atoms. The van der Waals surface area contributed by atoms with E-state index in [0.717, 1.165) is 57.8 Å². The van der Waals surface area contributed by atoms with Crippen molar-refractivity contribution in [3.8, 4) is 5.69 Å². The van der Waals surface area contributed by atoms with E-state index in [1.165, 1.54) is 4.88 Å². The highest BCUT2D eigenvalue weighted by molar-refractivity contribution is 7.18. The number of hydrogen-bond acceptors (Lipinski definition) is 7. The Bertz CT molecular complexity index is 1520. The molecule has 0 aliphatic carbocycles. The lowest BCUT2D eigenvalue weighted by molar-refractivity contribution is -0.130. The first kappa shape index (κ1) is 21.7. The maximum Gasteiger partial charge on any atom is 0.227 e. The fraction of sp³-hybridized carbons (Fsp3) is 0.269. The van der Waals surface area contributed by atoms with E-state index in [-0.39, 0.29) is 5.91 Å². The summed E-state index contributed by atoms with van der Waals surface area (Å²) >= 11 is 1.73. The number of fused-ring (bicyclic) bond motifs is 2.